The molecule has 2 aromatic carbocycles. The molecule has 0 aliphatic carbocycles. The summed E-state index contributed by atoms with van der Waals surface area (Å²) < 4.78 is 103. The highest BCUT2D eigenvalue weighted by Crippen LogP contribution is 2.21. The number of carbonyl (C=O) groups excluding carboxylic acids is 6. The average molecular weight is 1030 g/mol. The molecule has 0 heterocycles. The van der Waals surface area contributed by atoms with Crippen LogP contribution < -0.4 is 9.44 Å². The van der Waals surface area contributed by atoms with Crippen LogP contribution in [0.25, 0.3) is 0 Å². The fraction of sp³-hybridized carbons (Fsp3) is 0.609. The van der Waals surface area contributed by atoms with Crippen molar-refractivity contribution in [3.63, 3.8) is 0 Å². The van der Waals surface area contributed by atoms with Crippen molar-refractivity contribution in [2.75, 3.05) is 39.5 Å². The first-order chi connectivity index (χ1) is 32.2. The van der Waals surface area contributed by atoms with E-state index in [9.17, 15) is 45.6 Å². The van der Waals surface area contributed by atoms with Gasteiger partial charge in [0.25, 0.3) is 0 Å². The number of ether oxygens (including phenoxy) is 8. The standard InChI is InChI=1S/C46H70N4O18S2/c1-43(2,3)65-37(51)29-35(39(53)67-45(7,8)9)49(69(57,58)47-41(55)63-31-33-19-15-13-16-20-33)23-25-61-27-28-62-26-24-50(70(59,60)48-42(56)64-32-34-21-17-14-18-22-34)36(40(54)68-46(10,11)12)30-38(52)66-44(4,5)6/h13-22,35-36H,23-32H2,1-12H3,(H,47,55)(H,48,56). The Labute approximate surface area is 411 Å². The number of amides is 2. The first-order valence-electron chi connectivity index (χ1n) is 22.2. The number of esters is 4. The Morgan fingerprint density at radius 3 is 1.06 bits per heavy atom. The molecule has 2 unspecified atom stereocenters. The number of nitrogens with one attached hydrogen (secondary N) is 2. The molecule has 22 nitrogen and oxygen atoms in total. The maximum Gasteiger partial charge on any atom is 0.422 e. The highest BCUT2D eigenvalue weighted by Gasteiger charge is 2.42. The largest absolute Gasteiger partial charge is 0.460 e. The topological polar surface area (TPSA) is 275 Å². The number of hydrogen-bond donors (Lipinski definition) is 2. The van der Waals surface area contributed by atoms with Gasteiger partial charge in [-0.15, -0.1) is 0 Å². The van der Waals surface area contributed by atoms with Crippen LogP contribution in [0, 0.1) is 0 Å². The van der Waals surface area contributed by atoms with Crippen LogP contribution in [0.3, 0.4) is 0 Å². The van der Waals surface area contributed by atoms with Crippen molar-refractivity contribution in [1.82, 2.24) is 18.1 Å². The molecule has 0 fully saturated rings. The second-order valence-electron chi connectivity index (χ2n) is 19.5. The third-order valence-corrected chi connectivity index (χ3v) is 11.3. The maximum absolute atomic E-state index is 13.9. The third-order valence-electron chi connectivity index (χ3n) is 8.36. The Morgan fingerprint density at radius 2 is 0.771 bits per heavy atom. The van der Waals surface area contributed by atoms with E-state index in [0.29, 0.717) is 19.7 Å². The van der Waals surface area contributed by atoms with Gasteiger partial charge in [-0.1, -0.05) is 60.7 Å². The predicted molar refractivity (Wildman–Crippen MR) is 253 cm³/mol. The smallest absolute Gasteiger partial charge is 0.422 e. The van der Waals surface area contributed by atoms with Gasteiger partial charge in [0.1, 0.15) is 47.7 Å². The highest BCUT2D eigenvalue weighted by molar-refractivity contribution is 7.88. The summed E-state index contributed by atoms with van der Waals surface area (Å²) in [6.07, 6.45) is -4.43. The molecule has 24 heteroatoms. The van der Waals surface area contributed by atoms with Crippen LogP contribution in [0.1, 0.15) is 107 Å². The van der Waals surface area contributed by atoms with E-state index >= 15 is 0 Å². The molecule has 0 aliphatic heterocycles. The van der Waals surface area contributed by atoms with Gasteiger partial charge in [0.05, 0.1) is 39.3 Å². The Morgan fingerprint density at radius 1 is 0.471 bits per heavy atom. The van der Waals surface area contributed by atoms with Crippen LogP contribution in [0.15, 0.2) is 60.7 Å². The lowest BCUT2D eigenvalue weighted by Gasteiger charge is -2.32. The minimum absolute atomic E-state index is 0.284. The van der Waals surface area contributed by atoms with Crippen molar-refractivity contribution in [2.45, 2.75) is 144 Å². The molecule has 2 aromatic rings. The zero-order valence-corrected chi connectivity index (χ0v) is 43.7. The summed E-state index contributed by atoms with van der Waals surface area (Å²) in [5.41, 5.74) is -3.24. The van der Waals surface area contributed by atoms with Crippen molar-refractivity contribution in [2.24, 2.45) is 0 Å². The number of benzene rings is 2. The van der Waals surface area contributed by atoms with Gasteiger partial charge in [-0.2, -0.15) is 25.4 Å². The van der Waals surface area contributed by atoms with Crippen LogP contribution in [0.2, 0.25) is 0 Å². The second kappa shape index (κ2) is 26.7. The lowest BCUT2D eigenvalue weighted by Crippen LogP contribution is -2.54. The van der Waals surface area contributed by atoms with Gasteiger partial charge < -0.3 is 37.9 Å². The SMILES string of the molecule is CC(C)(C)OC(=O)CC(C(=O)OC(C)(C)C)N(CCOCCOCCN(C(CC(=O)OC(C)(C)C)C(=O)OC(C)(C)C)S(=O)(=O)NC(=O)OCc1ccccc1)S(=O)(=O)NC(=O)OCc1ccccc1. The van der Waals surface area contributed by atoms with Gasteiger partial charge in [0, 0.05) is 13.1 Å². The molecule has 0 bridgehead atoms. The molecule has 0 aliphatic rings. The van der Waals surface area contributed by atoms with Crippen molar-refractivity contribution in [3.05, 3.63) is 71.8 Å². The van der Waals surface area contributed by atoms with Crippen LogP contribution in [-0.2, 0) is 90.7 Å². The van der Waals surface area contributed by atoms with E-state index in [-0.39, 0.29) is 26.4 Å². The monoisotopic (exact) mass is 1030 g/mol. The summed E-state index contributed by atoms with van der Waals surface area (Å²) in [6.45, 7) is 15.2. The highest BCUT2D eigenvalue weighted by atomic mass is 32.2. The van der Waals surface area contributed by atoms with Crippen LogP contribution in [0.4, 0.5) is 9.59 Å². The number of nitrogens with zero attached hydrogens (tertiary/aromatic N) is 2. The summed E-state index contributed by atoms with van der Waals surface area (Å²) in [4.78, 5) is 79.1. The van der Waals surface area contributed by atoms with E-state index < -0.39 is 130 Å². The molecule has 0 saturated carbocycles. The van der Waals surface area contributed by atoms with E-state index in [0.717, 1.165) is 0 Å². The number of rotatable bonds is 25. The van der Waals surface area contributed by atoms with Gasteiger partial charge in [0.2, 0.25) is 0 Å². The fourth-order valence-electron chi connectivity index (χ4n) is 5.78. The fourth-order valence-corrected chi connectivity index (χ4v) is 8.17. The molecule has 0 saturated heterocycles. The van der Waals surface area contributed by atoms with Crippen molar-refractivity contribution >= 4 is 56.5 Å². The predicted octanol–water partition coefficient (Wildman–Crippen LogP) is 4.85. The van der Waals surface area contributed by atoms with Crippen molar-refractivity contribution < 1.29 is 83.5 Å². The first kappa shape index (κ1) is 60.7. The average Bonchev–Trinajstić information content (AvgIpc) is 3.19. The number of hydrogen-bond acceptors (Lipinski definition) is 18. The van der Waals surface area contributed by atoms with Crippen molar-refractivity contribution in [3.8, 4) is 0 Å². The molecule has 2 atom stereocenters. The number of carbonyl (C=O) groups is 6. The summed E-state index contributed by atoms with van der Waals surface area (Å²) in [5, 5.41) is 0. The molecule has 2 amide bonds. The molecule has 0 aromatic heterocycles. The first-order valence-corrected chi connectivity index (χ1v) is 25.1. The molecule has 0 spiro atoms. The van der Waals surface area contributed by atoms with Gasteiger partial charge in [0.15, 0.2) is 0 Å². The molecule has 2 rings (SSSR count). The van der Waals surface area contributed by atoms with Gasteiger partial charge in [-0.3, -0.25) is 19.2 Å². The molecular formula is C46H70N4O18S2. The van der Waals surface area contributed by atoms with Crippen molar-refractivity contribution in [1.29, 1.82) is 0 Å². The summed E-state index contributed by atoms with van der Waals surface area (Å²) in [6, 6.07) is 13.0. The van der Waals surface area contributed by atoms with Crippen LogP contribution in [0.5, 0.6) is 0 Å². The maximum atomic E-state index is 13.9. The minimum Gasteiger partial charge on any atom is -0.460 e. The lowest BCUT2D eigenvalue weighted by molar-refractivity contribution is -0.167. The third kappa shape index (κ3) is 24.9. The van der Waals surface area contributed by atoms with E-state index in [1.165, 1.54) is 41.5 Å². The van der Waals surface area contributed by atoms with Crippen LogP contribution >= 0.6 is 0 Å². The summed E-state index contributed by atoms with van der Waals surface area (Å²) in [5.74, 6) is -4.20. The quantitative estimate of drug-likeness (QED) is 0.0764. The minimum atomic E-state index is -5.00. The van der Waals surface area contributed by atoms with E-state index in [4.69, 9.17) is 37.9 Å². The van der Waals surface area contributed by atoms with Crippen LogP contribution in [-0.4, -0.2) is 136 Å². The molecule has 0 radical (unpaired) electrons. The molecular weight excluding hydrogens is 961 g/mol. The Hall–Kier alpha value is -5.40. The lowest BCUT2D eigenvalue weighted by atomic mass is 10.1. The Kier molecular flexibility index (Phi) is 23.2. The summed E-state index contributed by atoms with van der Waals surface area (Å²) >= 11 is 0. The zero-order valence-electron chi connectivity index (χ0n) is 42.1. The normalized spacial score (nSPS) is 13.4. The molecule has 2 N–H and O–H groups in total. The van der Waals surface area contributed by atoms with Gasteiger partial charge in [-0.25, -0.2) is 19.0 Å². The Balaban J connectivity index is 2.33. The van der Waals surface area contributed by atoms with E-state index in [1.807, 2.05) is 0 Å². The zero-order chi connectivity index (χ0) is 53.1. The van der Waals surface area contributed by atoms with E-state index in [2.05, 4.69) is 0 Å². The van der Waals surface area contributed by atoms with E-state index in [1.54, 1.807) is 112 Å². The second-order valence-corrected chi connectivity index (χ2v) is 22.7. The Bertz CT molecular complexity index is 2090. The van der Waals surface area contributed by atoms with Gasteiger partial charge in [-0.05, 0) is 94.2 Å². The molecule has 70 heavy (non-hydrogen) atoms. The summed E-state index contributed by atoms with van der Waals surface area (Å²) in [7, 11) is -9.99. The van der Waals surface area contributed by atoms with Gasteiger partial charge >= 0.3 is 56.5 Å². The molecule has 394 valence electrons.